The molecule has 1 unspecified atom stereocenters. The van der Waals surface area contributed by atoms with Crippen LogP contribution < -0.4 is 14.8 Å². The molecule has 2 heterocycles. The van der Waals surface area contributed by atoms with Gasteiger partial charge in [0.05, 0.1) is 26.0 Å². The number of hydrogen-bond acceptors (Lipinski definition) is 7. The first-order chi connectivity index (χ1) is 12.2. The van der Waals surface area contributed by atoms with Crippen LogP contribution in [0, 0.1) is 0 Å². The van der Waals surface area contributed by atoms with E-state index in [1.165, 1.54) is 0 Å². The van der Waals surface area contributed by atoms with Crippen molar-refractivity contribution < 1.29 is 18.4 Å². The molecule has 1 atom stereocenters. The van der Waals surface area contributed by atoms with Crippen molar-refractivity contribution in [3.05, 3.63) is 42.4 Å². The number of ether oxygens (including phenoxy) is 2. The molecule has 3 rings (SSSR count). The van der Waals surface area contributed by atoms with Crippen molar-refractivity contribution in [2.45, 2.75) is 25.8 Å². The smallest absolute Gasteiger partial charge is 0.322 e. The molecular weight excluding hydrogens is 322 g/mol. The van der Waals surface area contributed by atoms with Crippen LogP contribution in [0.25, 0.3) is 11.4 Å². The molecule has 7 nitrogen and oxygen atoms in total. The van der Waals surface area contributed by atoms with Crippen molar-refractivity contribution in [2.24, 2.45) is 0 Å². The highest BCUT2D eigenvalue weighted by Crippen LogP contribution is 2.36. The van der Waals surface area contributed by atoms with Gasteiger partial charge in [-0.3, -0.25) is 0 Å². The van der Waals surface area contributed by atoms with Crippen molar-refractivity contribution in [3.8, 4) is 22.9 Å². The second-order valence-corrected chi connectivity index (χ2v) is 5.63. The van der Waals surface area contributed by atoms with E-state index in [9.17, 15) is 0 Å². The van der Waals surface area contributed by atoms with Crippen molar-refractivity contribution in [2.75, 3.05) is 19.5 Å². The van der Waals surface area contributed by atoms with Crippen molar-refractivity contribution >= 4 is 6.01 Å². The minimum atomic E-state index is 0.158. The van der Waals surface area contributed by atoms with Gasteiger partial charge in [0, 0.05) is 12.5 Å². The Hall–Kier alpha value is -2.96. The van der Waals surface area contributed by atoms with E-state index in [1.54, 1.807) is 20.5 Å². The van der Waals surface area contributed by atoms with Gasteiger partial charge >= 0.3 is 6.01 Å². The second-order valence-electron chi connectivity index (χ2n) is 5.63. The van der Waals surface area contributed by atoms with Crippen LogP contribution in [0.15, 0.2) is 45.5 Å². The molecule has 132 valence electrons. The fourth-order valence-corrected chi connectivity index (χ4v) is 2.55. The topological polar surface area (TPSA) is 82.6 Å². The number of nitrogens with zero attached hydrogens (tertiary/aromatic N) is 2. The van der Waals surface area contributed by atoms with E-state index in [4.69, 9.17) is 18.4 Å². The lowest BCUT2D eigenvalue weighted by Crippen LogP contribution is -2.16. The maximum atomic E-state index is 5.41. The lowest BCUT2D eigenvalue weighted by Gasteiger charge is -2.10. The predicted octanol–water partition coefficient (Wildman–Crippen LogP) is 3.78. The van der Waals surface area contributed by atoms with Crippen LogP contribution in [0.5, 0.6) is 11.5 Å². The van der Waals surface area contributed by atoms with Gasteiger partial charge in [-0.2, -0.15) is 4.98 Å². The zero-order chi connectivity index (χ0) is 17.6. The summed E-state index contributed by atoms with van der Waals surface area (Å²) < 4.78 is 21.4. The standard InChI is InChI=1S/C18H21N3O4/c1-12(9-10-13-6-5-11-24-13)19-18-20-17(21-25-18)14-7-4-8-15(22-2)16(14)23-3/h4-8,11-12H,9-10H2,1-3H3,(H,19,20,21). The first-order valence-corrected chi connectivity index (χ1v) is 8.05. The summed E-state index contributed by atoms with van der Waals surface area (Å²) in [5, 5.41) is 7.24. The Labute approximate surface area is 145 Å². The van der Waals surface area contributed by atoms with Gasteiger partial charge in [0.2, 0.25) is 5.82 Å². The molecule has 0 saturated heterocycles. The predicted molar refractivity (Wildman–Crippen MR) is 93.0 cm³/mol. The first kappa shape index (κ1) is 16.9. The third kappa shape index (κ3) is 3.93. The first-order valence-electron chi connectivity index (χ1n) is 8.05. The summed E-state index contributed by atoms with van der Waals surface area (Å²) in [4.78, 5) is 4.40. The fourth-order valence-electron chi connectivity index (χ4n) is 2.55. The summed E-state index contributed by atoms with van der Waals surface area (Å²) in [5.41, 5.74) is 0.710. The molecule has 0 aliphatic carbocycles. The van der Waals surface area contributed by atoms with Gasteiger partial charge < -0.3 is 23.7 Å². The summed E-state index contributed by atoms with van der Waals surface area (Å²) in [7, 11) is 3.17. The molecule has 0 spiro atoms. The molecule has 2 aromatic heterocycles. The van der Waals surface area contributed by atoms with E-state index in [2.05, 4.69) is 22.4 Å². The molecule has 1 N–H and O–H groups in total. The van der Waals surface area contributed by atoms with E-state index < -0.39 is 0 Å². The zero-order valence-corrected chi connectivity index (χ0v) is 14.5. The van der Waals surface area contributed by atoms with Crippen LogP contribution >= 0.6 is 0 Å². The van der Waals surface area contributed by atoms with E-state index in [-0.39, 0.29) is 6.04 Å². The number of furan rings is 1. The Bertz CT molecular complexity index is 799. The van der Waals surface area contributed by atoms with Gasteiger partial charge in [0.25, 0.3) is 0 Å². The average molecular weight is 343 g/mol. The third-order valence-corrected chi connectivity index (χ3v) is 3.84. The van der Waals surface area contributed by atoms with Crippen molar-refractivity contribution in [1.82, 2.24) is 10.1 Å². The van der Waals surface area contributed by atoms with Gasteiger partial charge in [-0.15, -0.1) is 0 Å². The maximum Gasteiger partial charge on any atom is 0.322 e. The molecule has 0 amide bonds. The van der Waals surface area contributed by atoms with Crippen LogP contribution in [0.3, 0.4) is 0 Å². The molecule has 0 saturated carbocycles. The van der Waals surface area contributed by atoms with Gasteiger partial charge in [-0.25, -0.2) is 0 Å². The van der Waals surface area contributed by atoms with Crippen LogP contribution in [-0.4, -0.2) is 30.4 Å². The number of methoxy groups -OCH3 is 2. The lowest BCUT2D eigenvalue weighted by atomic mass is 10.1. The second kappa shape index (κ2) is 7.74. The van der Waals surface area contributed by atoms with E-state index in [1.807, 2.05) is 30.3 Å². The number of para-hydroxylation sites is 1. The Morgan fingerprint density at radius 2 is 2.04 bits per heavy atom. The van der Waals surface area contributed by atoms with E-state index >= 15 is 0 Å². The highest BCUT2D eigenvalue weighted by molar-refractivity contribution is 5.68. The molecule has 0 aliphatic rings. The molecule has 1 aromatic carbocycles. The summed E-state index contributed by atoms with van der Waals surface area (Å²) in [6, 6.07) is 9.91. The quantitative estimate of drug-likeness (QED) is 0.666. The molecule has 0 radical (unpaired) electrons. The van der Waals surface area contributed by atoms with Gasteiger partial charge in [-0.05, 0) is 37.6 Å². The average Bonchev–Trinajstić information content (AvgIpc) is 3.31. The summed E-state index contributed by atoms with van der Waals surface area (Å²) >= 11 is 0. The van der Waals surface area contributed by atoms with Crippen LogP contribution in [-0.2, 0) is 6.42 Å². The fraction of sp³-hybridized carbons (Fsp3) is 0.333. The van der Waals surface area contributed by atoms with Crippen molar-refractivity contribution in [1.29, 1.82) is 0 Å². The Balaban J connectivity index is 1.68. The number of benzene rings is 1. The van der Waals surface area contributed by atoms with E-state index in [0.717, 1.165) is 18.6 Å². The maximum absolute atomic E-state index is 5.41. The molecule has 7 heteroatoms. The number of anilines is 1. The van der Waals surface area contributed by atoms with Gasteiger partial charge in [0.1, 0.15) is 5.76 Å². The van der Waals surface area contributed by atoms with E-state index in [0.29, 0.717) is 28.9 Å². The minimum absolute atomic E-state index is 0.158. The molecule has 3 aromatic rings. The molecule has 0 aliphatic heterocycles. The van der Waals surface area contributed by atoms with Gasteiger partial charge in [0.15, 0.2) is 11.5 Å². The number of rotatable bonds is 8. The Morgan fingerprint density at radius 3 is 2.76 bits per heavy atom. The lowest BCUT2D eigenvalue weighted by molar-refractivity contribution is 0.355. The number of aromatic nitrogens is 2. The highest BCUT2D eigenvalue weighted by atomic mass is 16.5. The molecule has 0 bridgehead atoms. The SMILES string of the molecule is COc1cccc(-c2noc(NC(C)CCc3ccco3)n2)c1OC. The highest BCUT2D eigenvalue weighted by Gasteiger charge is 2.17. The monoisotopic (exact) mass is 343 g/mol. The molecular formula is C18H21N3O4. The van der Waals surface area contributed by atoms with Crippen LogP contribution in [0.4, 0.5) is 6.01 Å². The van der Waals surface area contributed by atoms with Gasteiger partial charge in [-0.1, -0.05) is 11.2 Å². The number of hydrogen-bond donors (Lipinski definition) is 1. The molecule has 25 heavy (non-hydrogen) atoms. The molecule has 0 fully saturated rings. The normalized spacial score (nSPS) is 12.0. The summed E-state index contributed by atoms with van der Waals surface area (Å²) in [6.07, 6.45) is 3.40. The number of aryl methyl sites for hydroxylation is 1. The Kier molecular flexibility index (Phi) is 5.23. The summed E-state index contributed by atoms with van der Waals surface area (Å²) in [5.74, 6) is 2.59. The number of nitrogens with one attached hydrogen (secondary N) is 1. The largest absolute Gasteiger partial charge is 0.493 e. The van der Waals surface area contributed by atoms with Crippen LogP contribution in [0.2, 0.25) is 0 Å². The Morgan fingerprint density at radius 1 is 1.16 bits per heavy atom. The van der Waals surface area contributed by atoms with Crippen LogP contribution in [0.1, 0.15) is 19.1 Å². The van der Waals surface area contributed by atoms with Crippen molar-refractivity contribution in [3.63, 3.8) is 0 Å². The summed E-state index contributed by atoms with van der Waals surface area (Å²) in [6.45, 7) is 2.05. The minimum Gasteiger partial charge on any atom is -0.493 e. The zero-order valence-electron chi connectivity index (χ0n) is 14.5. The third-order valence-electron chi connectivity index (χ3n) is 3.84.